The van der Waals surface area contributed by atoms with Gasteiger partial charge in [0.05, 0.1) is 7.11 Å². The van der Waals surface area contributed by atoms with Gasteiger partial charge in [0.25, 0.3) is 0 Å². The number of methoxy groups -OCH3 is 3. The van der Waals surface area contributed by atoms with E-state index < -0.39 is 17.5 Å². The van der Waals surface area contributed by atoms with Gasteiger partial charge < -0.3 is 14.2 Å². The van der Waals surface area contributed by atoms with E-state index in [0.29, 0.717) is 6.42 Å². The van der Waals surface area contributed by atoms with Crippen molar-refractivity contribution in [1.29, 1.82) is 0 Å². The third-order valence-corrected chi connectivity index (χ3v) is 2.29. The summed E-state index contributed by atoms with van der Waals surface area (Å²) < 4.78 is 14.7. The van der Waals surface area contributed by atoms with E-state index in [2.05, 4.69) is 4.74 Å². The molecule has 0 aliphatic rings. The second-order valence-corrected chi connectivity index (χ2v) is 3.94. The number of rotatable bonds is 7. The van der Waals surface area contributed by atoms with Crippen LogP contribution in [0, 0.1) is 5.92 Å². The average molecular weight is 232 g/mol. The molecular formula is C11H20O5. The third-order valence-electron chi connectivity index (χ3n) is 2.29. The van der Waals surface area contributed by atoms with E-state index in [4.69, 9.17) is 9.47 Å². The molecule has 0 saturated heterocycles. The Labute approximate surface area is 96.1 Å². The molecule has 0 aromatic heterocycles. The topological polar surface area (TPSA) is 61.8 Å². The van der Waals surface area contributed by atoms with Crippen molar-refractivity contribution in [3.63, 3.8) is 0 Å². The number of hydrogen-bond acceptors (Lipinski definition) is 5. The van der Waals surface area contributed by atoms with Crippen molar-refractivity contribution in [1.82, 2.24) is 0 Å². The van der Waals surface area contributed by atoms with Crippen molar-refractivity contribution in [2.45, 2.75) is 32.5 Å². The van der Waals surface area contributed by atoms with Gasteiger partial charge >= 0.3 is 5.97 Å². The lowest BCUT2D eigenvalue weighted by Crippen LogP contribution is -2.44. The minimum absolute atomic E-state index is 0.210. The molecule has 0 radical (unpaired) electrons. The lowest BCUT2D eigenvalue weighted by molar-refractivity contribution is -0.214. The number of carbonyl (C=O) groups excluding carboxylic acids is 2. The van der Waals surface area contributed by atoms with Crippen molar-refractivity contribution >= 4 is 11.8 Å². The molecule has 0 saturated carbocycles. The smallest absolute Gasteiger partial charge is 0.313 e. The van der Waals surface area contributed by atoms with Crippen LogP contribution in [0.1, 0.15) is 26.7 Å². The predicted molar refractivity (Wildman–Crippen MR) is 57.8 cm³/mol. The van der Waals surface area contributed by atoms with E-state index in [1.165, 1.54) is 21.3 Å². The molecule has 0 unspecified atom stereocenters. The molecule has 0 aliphatic carbocycles. The number of carbonyl (C=O) groups is 2. The predicted octanol–water partition coefficient (Wildman–Crippen LogP) is 1.15. The lowest BCUT2D eigenvalue weighted by Gasteiger charge is -2.30. The monoisotopic (exact) mass is 232 g/mol. The van der Waals surface area contributed by atoms with Gasteiger partial charge in [-0.3, -0.25) is 9.59 Å². The number of esters is 1. The highest BCUT2D eigenvalue weighted by Crippen LogP contribution is 2.24. The summed E-state index contributed by atoms with van der Waals surface area (Å²) in [7, 11) is 4.02. The summed E-state index contributed by atoms with van der Waals surface area (Å²) in [4.78, 5) is 22.9. The summed E-state index contributed by atoms with van der Waals surface area (Å²) in [5.41, 5.74) is 0. The number of ketones is 1. The first-order valence-corrected chi connectivity index (χ1v) is 5.12. The standard InChI is InChI=1S/C11H20O5/c1-8(2)7-11(15-4,16-5)9(12)6-10(13)14-3/h8H,6-7H2,1-5H3. The fourth-order valence-electron chi connectivity index (χ4n) is 1.47. The van der Waals surface area contributed by atoms with Gasteiger partial charge in [0.2, 0.25) is 11.6 Å². The molecule has 0 aromatic carbocycles. The summed E-state index contributed by atoms with van der Waals surface area (Å²) >= 11 is 0. The van der Waals surface area contributed by atoms with Gasteiger partial charge in [-0.1, -0.05) is 13.8 Å². The zero-order valence-corrected chi connectivity index (χ0v) is 10.5. The minimum atomic E-state index is -1.34. The van der Waals surface area contributed by atoms with Crippen LogP contribution in [0.4, 0.5) is 0 Å². The van der Waals surface area contributed by atoms with Crippen LogP contribution in [0.5, 0.6) is 0 Å². The normalized spacial score (nSPS) is 11.6. The van der Waals surface area contributed by atoms with Crippen LogP contribution in [0.2, 0.25) is 0 Å². The Kier molecular flexibility index (Phi) is 6.21. The SMILES string of the molecule is COC(=O)CC(=O)C(CC(C)C)(OC)OC. The molecule has 94 valence electrons. The van der Waals surface area contributed by atoms with E-state index in [9.17, 15) is 9.59 Å². The summed E-state index contributed by atoms with van der Waals surface area (Å²) in [6, 6.07) is 0. The maximum absolute atomic E-state index is 11.9. The Hall–Kier alpha value is -0.940. The molecule has 0 bridgehead atoms. The van der Waals surface area contributed by atoms with Crippen LogP contribution in [-0.2, 0) is 23.8 Å². The molecule has 5 nitrogen and oxygen atoms in total. The van der Waals surface area contributed by atoms with Crippen LogP contribution >= 0.6 is 0 Å². The van der Waals surface area contributed by atoms with Gasteiger partial charge in [-0.25, -0.2) is 0 Å². The molecule has 0 atom stereocenters. The summed E-state index contributed by atoms with van der Waals surface area (Å²) in [6.45, 7) is 3.89. The van der Waals surface area contributed by atoms with Crippen LogP contribution in [0.3, 0.4) is 0 Å². The Morgan fingerprint density at radius 1 is 1.12 bits per heavy atom. The molecule has 0 N–H and O–H groups in total. The van der Waals surface area contributed by atoms with Gasteiger partial charge in [0, 0.05) is 20.6 Å². The van der Waals surface area contributed by atoms with E-state index in [-0.39, 0.29) is 12.3 Å². The summed E-state index contributed by atoms with van der Waals surface area (Å²) in [5, 5.41) is 0. The molecule has 0 spiro atoms. The van der Waals surface area contributed by atoms with Crippen molar-refractivity contribution in [2.24, 2.45) is 5.92 Å². The Bertz CT molecular complexity index is 243. The Morgan fingerprint density at radius 2 is 1.62 bits per heavy atom. The van der Waals surface area contributed by atoms with E-state index in [0.717, 1.165) is 0 Å². The van der Waals surface area contributed by atoms with E-state index in [1.54, 1.807) is 0 Å². The largest absolute Gasteiger partial charge is 0.469 e. The fourth-order valence-corrected chi connectivity index (χ4v) is 1.47. The zero-order chi connectivity index (χ0) is 12.8. The Balaban J connectivity index is 4.75. The fraction of sp³-hybridized carbons (Fsp3) is 0.818. The summed E-state index contributed by atoms with van der Waals surface area (Å²) in [5.74, 6) is -2.14. The van der Waals surface area contributed by atoms with E-state index in [1.807, 2.05) is 13.8 Å². The molecule has 0 fully saturated rings. The zero-order valence-electron chi connectivity index (χ0n) is 10.5. The molecule has 0 aromatic rings. The van der Waals surface area contributed by atoms with Crippen molar-refractivity contribution < 1.29 is 23.8 Å². The highest BCUT2D eigenvalue weighted by atomic mass is 16.7. The van der Waals surface area contributed by atoms with Gasteiger partial charge in [-0.2, -0.15) is 0 Å². The minimum Gasteiger partial charge on any atom is -0.469 e. The number of Topliss-reactive ketones (excluding diaryl/α,β-unsaturated/α-hetero) is 1. The van der Waals surface area contributed by atoms with Crippen LogP contribution in [-0.4, -0.2) is 38.9 Å². The quantitative estimate of drug-likeness (QED) is 0.374. The van der Waals surface area contributed by atoms with Gasteiger partial charge in [0.1, 0.15) is 6.42 Å². The molecule has 0 aliphatic heterocycles. The maximum atomic E-state index is 11.9. The van der Waals surface area contributed by atoms with Crippen molar-refractivity contribution in [3.05, 3.63) is 0 Å². The molecule has 16 heavy (non-hydrogen) atoms. The molecule has 5 heteroatoms. The first kappa shape index (κ1) is 15.1. The lowest BCUT2D eigenvalue weighted by atomic mass is 9.97. The first-order chi connectivity index (χ1) is 7.41. The summed E-state index contributed by atoms with van der Waals surface area (Å²) in [6.07, 6.45) is 0.0563. The van der Waals surface area contributed by atoms with Gasteiger partial charge in [-0.15, -0.1) is 0 Å². The van der Waals surface area contributed by atoms with Crippen LogP contribution < -0.4 is 0 Å². The van der Waals surface area contributed by atoms with Crippen LogP contribution in [0.25, 0.3) is 0 Å². The van der Waals surface area contributed by atoms with Crippen molar-refractivity contribution in [3.8, 4) is 0 Å². The second-order valence-electron chi connectivity index (χ2n) is 3.94. The molecule has 0 amide bonds. The maximum Gasteiger partial charge on any atom is 0.313 e. The van der Waals surface area contributed by atoms with Crippen LogP contribution in [0.15, 0.2) is 0 Å². The molecule has 0 rings (SSSR count). The van der Waals surface area contributed by atoms with Gasteiger partial charge in [-0.05, 0) is 5.92 Å². The molecular weight excluding hydrogens is 212 g/mol. The highest BCUT2D eigenvalue weighted by Gasteiger charge is 2.40. The van der Waals surface area contributed by atoms with Crippen molar-refractivity contribution in [2.75, 3.05) is 21.3 Å². The Morgan fingerprint density at radius 3 is 1.94 bits per heavy atom. The third kappa shape index (κ3) is 3.90. The highest BCUT2D eigenvalue weighted by molar-refractivity contribution is 5.99. The van der Waals surface area contributed by atoms with E-state index >= 15 is 0 Å². The second kappa shape index (κ2) is 6.60. The first-order valence-electron chi connectivity index (χ1n) is 5.12. The number of hydrogen-bond donors (Lipinski definition) is 0. The average Bonchev–Trinajstić information content (AvgIpc) is 2.25. The molecule has 0 heterocycles. The number of ether oxygens (including phenoxy) is 3. The van der Waals surface area contributed by atoms with Gasteiger partial charge in [0.15, 0.2) is 0 Å².